The minimum atomic E-state index is 0.768. The summed E-state index contributed by atoms with van der Waals surface area (Å²) < 4.78 is 0. The summed E-state index contributed by atoms with van der Waals surface area (Å²) in [5, 5.41) is 3.15. The second-order valence-corrected chi connectivity index (χ2v) is 5.59. The van der Waals surface area contributed by atoms with Gasteiger partial charge in [0.05, 0.1) is 5.03 Å². The van der Waals surface area contributed by atoms with Crippen molar-refractivity contribution in [2.24, 2.45) is 0 Å². The zero-order valence-corrected chi connectivity index (χ0v) is 11.3. The van der Waals surface area contributed by atoms with Gasteiger partial charge in [-0.3, -0.25) is 0 Å². The van der Waals surface area contributed by atoms with Gasteiger partial charge in [-0.2, -0.15) is 0 Å². The van der Waals surface area contributed by atoms with E-state index >= 15 is 0 Å². The Balaban J connectivity index is 1.79. The van der Waals surface area contributed by atoms with Crippen molar-refractivity contribution in [3.8, 4) is 0 Å². The highest BCUT2D eigenvalue weighted by molar-refractivity contribution is 7.98. The molecule has 0 radical (unpaired) electrons. The van der Waals surface area contributed by atoms with Crippen LogP contribution in [-0.4, -0.2) is 4.98 Å². The second kappa shape index (κ2) is 5.09. The van der Waals surface area contributed by atoms with Crippen molar-refractivity contribution in [2.75, 3.05) is 0 Å². The van der Waals surface area contributed by atoms with Gasteiger partial charge in [0.15, 0.2) is 0 Å². The summed E-state index contributed by atoms with van der Waals surface area (Å²) >= 11 is 7.78. The number of fused-ring (bicyclic) bond motifs is 1. The van der Waals surface area contributed by atoms with Crippen LogP contribution in [0.5, 0.6) is 0 Å². The van der Waals surface area contributed by atoms with Crippen LogP contribution < -0.4 is 0 Å². The minimum Gasteiger partial charge on any atom is -0.350 e. The Morgan fingerprint density at radius 1 is 1.00 bits per heavy atom. The number of aromatic amines is 1. The third-order valence-electron chi connectivity index (χ3n) is 2.80. The van der Waals surface area contributed by atoms with Gasteiger partial charge in [0.1, 0.15) is 0 Å². The molecule has 0 unspecified atom stereocenters. The Labute approximate surface area is 115 Å². The molecule has 0 saturated heterocycles. The van der Waals surface area contributed by atoms with Crippen molar-refractivity contribution in [3.05, 3.63) is 65.2 Å². The molecule has 0 bridgehead atoms. The predicted octanol–water partition coefficient (Wildman–Crippen LogP) is 5.11. The highest BCUT2D eigenvalue weighted by Gasteiger charge is 2.02. The van der Waals surface area contributed by atoms with Crippen LogP contribution in [0.1, 0.15) is 5.56 Å². The summed E-state index contributed by atoms with van der Waals surface area (Å²) in [5.74, 6) is 0.974. The minimum absolute atomic E-state index is 0.768. The average Bonchev–Trinajstić information content (AvgIpc) is 2.79. The Morgan fingerprint density at radius 2 is 1.83 bits per heavy atom. The van der Waals surface area contributed by atoms with E-state index in [0.717, 1.165) is 16.3 Å². The topological polar surface area (TPSA) is 15.8 Å². The van der Waals surface area contributed by atoms with E-state index < -0.39 is 0 Å². The number of hydrogen-bond donors (Lipinski definition) is 1. The van der Waals surface area contributed by atoms with Gasteiger partial charge in [-0.05, 0) is 23.8 Å². The highest BCUT2D eigenvalue weighted by Crippen LogP contribution is 2.27. The van der Waals surface area contributed by atoms with Crippen LogP contribution in [0, 0.1) is 0 Å². The molecule has 0 aliphatic carbocycles. The van der Waals surface area contributed by atoms with Crippen LogP contribution in [0.25, 0.3) is 10.9 Å². The molecular formula is C15H12ClNS. The Hall–Kier alpha value is -1.38. The van der Waals surface area contributed by atoms with Crippen LogP contribution in [-0.2, 0) is 5.75 Å². The molecule has 3 heteroatoms. The summed E-state index contributed by atoms with van der Waals surface area (Å²) in [6, 6.07) is 18.6. The van der Waals surface area contributed by atoms with Gasteiger partial charge in [-0.25, -0.2) is 0 Å². The van der Waals surface area contributed by atoms with Gasteiger partial charge in [0.25, 0.3) is 0 Å². The summed E-state index contributed by atoms with van der Waals surface area (Å²) in [4.78, 5) is 3.39. The van der Waals surface area contributed by atoms with Crippen molar-refractivity contribution in [2.45, 2.75) is 10.8 Å². The first-order valence-corrected chi connectivity index (χ1v) is 7.12. The first kappa shape index (κ1) is 11.7. The molecule has 0 amide bonds. The number of halogens is 1. The number of nitrogens with one attached hydrogen (secondary N) is 1. The van der Waals surface area contributed by atoms with Gasteiger partial charge in [-0.15, -0.1) is 11.8 Å². The average molecular weight is 274 g/mol. The summed E-state index contributed by atoms with van der Waals surface area (Å²) in [6.45, 7) is 0. The van der Waals surface area contributed by atoms with Gasteiger partial charge in [0.2, 0.25) is 0 Å². The second-order valence-electron chi connectivity index (χ2n) is 4.14. The molecule has 18 heavy (non-hydrogen) atoms. The maximum absolute atomic E-state index is 5.97. The van der Waals surface area contributed by atoms with E-state index in [0.29, 0.717) is 0 Å². The zero-order chi connectivity index (χ0) is 12.4. The van der Waals surface area contributed by atoms with Crippen LogP contribution >= 0.6 is 23.4 Å². The lowest BCUT2D eigenvalue weighted by Crippen LogP contribution is -1.78. The van der Waals surface area contributed by atoms with Crippen molar-refractivity contribution >= 4 is 34.3 Å². The molecular weight excluding hydrogens is 262 g/mol. The van der Waals surface area contributed by atoms with E-state index in [9.17, 15) is 0 Å². The first-order valence-electron chi connectivity index (χ1n) is 5.76. The molecule has 0 spiro atoms. The van der Waals surface area contributed by atoms with E-state index in [4.69, 9.17) is 11.6 Å². The largest absolute Gasteiger partial charge is 0.350 e. The number of rotatable bonds is 3. The fraction of sp³-hybridized carbons (Fsp3) is 0.0667. The molecule has 1 aromatic heterocycles. The van der Waals surface area contributed by atoms with Gasteiger partial charge >= 0.3 is 0 Å². The molecule has 0 fully saturated rings. The maximum Gasteiger partial charge on any atom is 0.0735 e. The van der Waals surface area contributed by atoms with Gasteiger partial charge in [-0.1, -0.05) is 48.0 Å². The molecule has 0 aliphatic rings. The molecule has 2 aromatic carbocycles. The van der Waals surface area contributed by atoms with E-state index in [1.165, 1.54) is 16.0 Å². The quantitative estimate of drug-likeness (QED) is 0.656. The first-order chi connectivity index (χ1) is 8.81. The zero-order valence-electron chi connectivity index (χ0n) is 9.69. The lowest BCUT2D eigenvalue weighted by molar-refractivity contribution is 1.23. The van der Waals surface area contributed by atoms with E-state index in [-0.39, 0.29) is 0 Å². The fourth-order valence-electron chi connectivity index (χ4n) is 1.89. The molecule has 90 valence electrons. The number of hydrogen-bond acceptors (Lipinski definition) is 1. The lowest BCUT2D eigenvalue weighted by atomic mass is 10.2. The SMILES string of the molecule is Clc1ccc2cc(SCc3ccccc3)[nH]c2c1. The molecule has 3 rings (SSSR count). The number of aromatic nitrogens is 1. The lowest BCUT2D eigenvalue weighted by Gasteiger charge is -1.98. The third kappa shape index (κ3) is 2.55. The smallest absolute Gasteiger partial charge is 0.0735 e. The van der Waals surface area contributed by atoms with Crippen molar-refractivity contribution in [3.63, 3.8) is 0 Å². The summed E-state index contributed by atoms with van der Waals surface area (Å²) in [6.07, 6.45) is 0. The van der Waals surface area contributed by atoms with Gasteiger partial charge < -0.3 is 4.98 Å². The Morgan fingerprint density at radius 3 is 2.67 bits per heavy atom. The van der Waals surface area contributed by atoms with E-state index in [2.05, 4.69) is 35.3 Å². The molecule has 0 saturated carbocycles. The van der Waals surface area contributed by atoms with Crippen LogP contribution in [0.3, 0.4) is 0 Å². The fourth-order valence-corrected chi connectivity index (χ4v) is 2.96. The standard InChI is InChI=1S/C15H12ClNS/c16-13-7-6-12-8-15(17-14(12)9-13)18-10-11-4-2-1-3-5-11/h1-9,17H,10H2. The van der Waals surface area contributed by atoms with Gasteiger partial charge in [0, 0.05) is 21.7 Å². The Bertz CT molecular complexity index is 661. The van der Waals surface area contributed by atoms with Crippen LogP contribution in [0.4, 0.5) is 0 Å². The molecule has 1 heterocycles. The van der Waals surface area contributed by atoms with Crippen molar-refractivity contribution in [1.29, 1.82) is 0 Å². The molecule has 1 nitrogen and oxygen atoms in total. The van der Waals surface area contributed by atoms with E-state index in [1.54, 1.807) is 11.8 Å². The van der Waals surface area contributed by atoms with E-state index in [1.807, 2.05) is 24.3 Å². The summed E-state index contributed by atoms with van der Waals surface area (Å²) in [7, 11) is 0. The van der Waals surface area contributed by atoms with Crippen molar-refractivity contribution < 1.29 is 0 Å². The normalized spacial score (nSPS) is 10.9. The highest BCUT2D eigenvalue weighted by atomic mass is 35.5. The Kier molecular flexibility index (Phi) is 3.31. The molecule has 3 aromatic rings. The van der Waals surface area contributed by atoms with Crippen LogP contribution in [0.2, 0.25) is 5.02 Å². The molecule has 0 atom stereocenters. The number of H-pyrrole nitrogens is 1. The predicted molar refractivity (Wildman–Crippen MR) is 79.3 cm³/mol. The number of thioether (sulfide) groups is 1. The monoisotopic (exact) mass is 273 g/mol. The third-order valence-corrected chi connectivity index (χ3v) is 4.04. The van der Waals surface area contributed by atoms with Crippen LogP contribution in [0.15, 0.2) is 59.6 Å². The molecule has 1 N–H and O–H groups in total. The molecule has 0 aliphatic heterocycles. The van der Waals surface area contributed by atoms with Crippen molar-refractivity contribution in [1.82, 2.24) is 4.98 Å². The summed E-state index contributed by atoms with van der Waals surface area (Å²) in [5.41, 5.74) is 2.43. The number of benzene rings is 2. The maximum atomic E-state index is 5.97.